The van der Waals surface area contributed by atoms with E-state index in [0.29, 0.717) is 41.6 Å². The summed E-state index contributed by atoms with van der Waals surface area (Å²) in [6.07, 6.45) is 1.51. The maximum Gasteiger partial charge on any atom is 0.300 e. The molecule has 3 heterocycles. The highest BCUT2D eigenvalue weighted by Gasteiger charge is 2.34. The highest BCUT2D eigenvalue weighted by molar-refractivity contribution is 6.08. The van der Waals surface area contributed by atoms with Gasteiger partial charge in [-0.15, -0.1) is 0 Å². The SMILES string of the molecule is [C-]#[N+]c1nn(-c2ccc(OC)cc2)c2c1CCN(c1ccc(N3CCCN=C3N)cc1)C2=O. The van der Waals surface area contributed by atoms with Crippen LogP contribution >= 0.6 is 0 Å². The van der Waals surface area contributed by atoms with E-state index in [2.05, 4.69) is 14.9 Å². The van der Waals surface area contributed by atoms with Crippen molar-refractivity contribution in [3.63, 3.8) is 0 Å². The number of fused-ring (bicyclic) bond motifs is 1. The van der Waals surface area contributed by atoms with Crippen LogP contribution in [-0.4, -0.2) is 48.4 Å². The molecule has 2 aliphatic heterocycles. The Morgan fingerprint density at radius 2 is 1.67 bits per heavy atom. The first kappa shape index (κ1) is 20.6. The molecular weight excluding hydrogens is 418 g/mol. The number of anilines is 2. The molecule has 1 amide bonds. The van der Waals surface area contributed by atoms with Crippen LogP contribution in [0.1, 0.15) is 22.5 Å². The Morgan fingerprint density at radius 3 is 2.30 bits per heavy atom. The summed E-state index contributed by atoms with van der Waals surface area (Å²) in [5, 5.41) is 4.44. The smallest absolute Gasteiger partial charge is 0.300 e. The van der Waals surface area contributed by atoms with E-state index in [0.717, 1.165) is 30.9 Å². The predicted molar refractivity (Wildman–Crippen MR) is 127 cm³/mol. The molecule has 2 aromatic carbocycles. The maximum absolute atomic E-state index is 13.6. The number of hydrogen-bond acceptors (Lipinski definition) is 6. The number of ether oxygens (including phenoxy) is 1. The van der Waals surface area contributed by atoms with Crippen molar-refractivity contribution < 1.29 is 9.53 Å². The van der Waals surface area contributed by atoms with Gasteiger partial charge in [0, 0.05) is 36.6 Å². The van der Waals surface area contributed by atoms with Gasteiger partial charge >= 0.3 is 0 Å². The Labute approximate surface area is 191 Å². The van der Waals surface area contributed by atoms with E-state index < -0.39 is 0 Å². The fourth-order valence-electron chi connectivity index (χ4n) is 4.28. The Hall–Kier alpha value is -4.32. The number of carbonyl (C=O) groups is 1. The van der Waals surface area contributed by atoms with E-state index in [4.69, 9.17) is 17.0 Å². The first-order valence-corrected chi connectivity index (χ1v) is 10.7. The van der Waals surface area contributed by atoms with Crippen LogP contribution in [0.15, 0.2) is 53.5 Å². The van der Waals surface area contributed by atoms with Gasteiger partial charge in [0.25, 0.3) is 11.7 Å². The van der Waals surface area contributed by atoms with Crippen LogP contribution < -0.4 is 20.3 Å². The summed E-state index contributed by atoms with van der Waals surface area (Å²) >= 11 is 0. The number of methoxy groups -OCH3 is 1. The van der Waals surface area contributed by atoms with Crippen LogP contribution in [-0.2, 0) is 6.42 Å². The molecule has 1 aromatic heterocycles. The van der Waals surface area contributed by atoms with Gasteiger partial charge in [-0.1, -0.05) is 6.57 Å². The molecule has 9 nitrogen and oxygen atoms in total. The Balaban J connectivity index is 1.48. The monoisotopic (exact) mass is 441 g/mol. The van der Waals surface area contributed by atoms with Crippen molar-refractivity contribution in [3.8, 4) is 11.4 Å². The lowest BCUT2D eigenvalue weighted by Gasteiger charge is -2.29. The van der Waals surface area contributed by atoms with Gasteiger partial charge in [-0.05, 0) is 66.5 Å². The van der Waals surface area contributed by atoms with Crippen molar-refractivity contribution >= 4 is 29.1 Å². The first-order valence-electron chi connectivity index (χ1n) is 10.7. The highest BCUT2D eigenvalue weighted by atomic mass is 16.5. The quantitative estimate of drug-likeness (QED) is 0.628. The van der Waals surface area contributed by atoms with Crippen LogP contribution in [0.3, 0.4) is 0 Å². The molecule has 166 valence electrons. The van der Waals surface area contributed by atoms with Gasteiger partial charge in [0.05, 0.1) is 12.8 Å². The van der Waals surface area contributed by atoms with E-state index in [1.807, 2.05) is 41.3 Å². The van der Waals surface area contributed by atoms with E-state index in [-0.39, 0.29) is 11.7 Å². The molecule has 0 aliphatic carbocycles. The minimum Gasteiger partial charge on any atom is -0.497 e. The van der Waals surface area contributed by atoms with Gasteiger partial charge in [0.15, 0.2) is 5.96 Å². The number of aliphatic imine (C=N–C) groups is 1. The molecule has 0 spiro atoms. The second kappa shape index (κ2) is 8.31. The van der Waals surface area contributed by atoms with E-state index in [9.17, 15) is 4.79 Å². The number of nitrogens with zero attached hydrogens (tertiary/aromatic N) is 6. The molecule has 3 aromatic rings. The zero-order chi connectivity index (χ0) is 22.9. The normalized spacial score (nSPS) is 15.6. The molecule has 2 aliphatic rings. The molecule has 5 rings (SSSR count). The van der Waals surface area contributed by atoms with Crippen molar-refractivity contribution in [1.29, 1.82) is 0 Å². The van der Waals surface area contributed by atoms with Crippen molar-refractivity contribution in [2.24, 2.45) is 10.7 Å². The lowest BCUT2D eigenvalue weighted by molar-refractivity contribution is 0.0973. The summed E-state index contributed by atoms with van der Waals surface area (Å²) < 4.78 is 6.79. The van der Waals surface area contributed by atoms with Crippen LogP contribution in [0.25, 0.3) is 10.5 Å². The standard InChI is InChI=1S/C24H23N7O2/c1-26-22-20-12-15-29(16-4-6-17(7-5-16)30-14-3-13-27-24(30)25)23(32)21(20)31(28-22)18-8-10-19(33-2)11-9-18/h4-11H,3,12-15H2,2H3,(H2,25,27). The largest absolute Gasteiger partial charge is 0.497 e. The lowest BCUT2D eigenvalue weighted by Crippen LogP contribution is -2.41. The van der Waals surface area contributed by atoms with Crippen LogP contribution in [0.4, 0.5) is 17.2 Å². The van der Waals surface area contributed by atoms with E-state index in [1.165, 1.54) is 0 Å². The second-order valence-corrected chi connectivity index (χ2v) is 7.84. The number of aromatic nitrogens is 2. The fraction of sp³-hybridized carbons (Fsp3) is 0.250. The minimum absolute atomic E-state index is 0.179. The maximum atomic E-state index is 13.6. The molecule has 9 heteroatoms. The number of carbonyl (C=O) groups excluding carboxylic acids is 1. The summed E-state index contributed by atoms with van der Waals surface area (Å²) in [7, 11) is 1.60. The van der Waals surface area contributed by atoms with Gasteiger partial charge in [-0.25, -0.2) is 0 Å². The fourth-order valence-corrected chi connectivity index (χ4v) is 4.28. The molecule has 33 heavy (non-hydrogen) atoms. The van der Waals surface area contributed by atoms with Crippen LogP contribution in [0.5, 0.6) is 5.75 Å². The zero-order valence-electron chi connectivity index (χ0n) is 18.2. The Bertz CT molecular complexity index is 1270. The van der Waals surface area contributed by atoms with Crippen LogP contribution in [0, 0.1) is 6.57 Å². The van der Waals surface area contributed by atoms with Crippen molar-refractivity contribution in [2.45, 2.75) is 12.8 Å². The molecular formula is C24H23N7O2. The molecule has 0 bridgehead atoms. The average Bonchev–Trinajstić information content (AvgIpc) is 3.24. The predicted octanol–water partition coefficient (Wildman–Crippen LogP) is 3.16. The molecule has 0 unspecified atom stereocenters. The summed E-state index contributed by atoms with van der Waals surface area (Å²) in [4.78, 5) is 25.2. The second-order valence-electron chi connectivity index (χ2n) is 7.84. The van der Waals surface area contributed by atoms with E-state index >= 15 is 0 Å². The van der Waals surface area contributed by atoms with E-state index in [1.54, 1.807) is 28.8 Å². The minimum atomic E-state index is -0.179. The van der Waals surface area contributed by atoms with Gasteiger partial charge < -0.3 is 25.1 Å². The van der Waals surface area contributed by atoms with Crippen molar-refractivity contribution in [3.05, 3.63) is 71.2 Å². The van der Waals surface area contributed by atoms with Gasteiger partial charge in [0.2, 0.25) is 0 Å². The molecule has 0 atom stereocenters. The summed E-state index contributed by atoms with van der Waals surface area (Å²) in [5.74, 6) is 1.31. The first-order chi connectivity index (χ1) is 16.1. The third-order valence-electron chi connectivity index (χ3n) is 5.98. The lowest BCUT2D eigenvalue weighted by atomic mass is 10.0. The highest BCUT2D eigenvalue weighted by Crippen LogP contribution is 2.33. The molecule has 0 radical (unpaired) electrons. The average molecular weight is 441 g/mol. The summed E-state index contributed by atoms with van der Waals surface area (Å²) in [5.41, 5.74) is 9.59. The summed E-state index contributed by atoms with van der Waals surface area (Å²) in [6.45, 7) is 9.57. The molecule has 0 saturated heterocycles. The molecule has 0 fully saturated rings. The topological polar surface area (TPSA) is 93.3 Å². The molecule has 2 N–H and O–H groups in total. The Morgan fingerprint density at radius 1 is 1.00 bits per heavy atom. The van der Waals surface area contributed by atoms with Crippen molar-refractivity contribution in [1.82, 2.24) is 9.78 Å². The number of guanidine groups is 1. The van der Waals surface area contributed by atoms with Gasteiger partial charge in [-0.3, -0.25) is 9.79 Å². The third-order valence-corrected chi connectivity index (χ3v) is 5.98. The summed E-state index contributed by atoms with van der Waals surface area (Å²) in [6, 6.07) is 15.0. The molecule has 0 saturated carbocycles. The van der Waals surface area contributed by atoms with Crippen molar-refractivity contribution in [2.75, 3.05) is 36.5 Å². The van der Waals surface area contributed by atoms with Crippen LogP contribution in [0.2, 0.25) is 0 Å². The number of nitrogens with two attached hydrogens (primary N) is 1. The number of rotatable bonds is 4. The van der Waals surface area contributed by atoms with Gasteiger partial charge in [-0.2, -0.15) is 4.68 Å². The number of hydrogen-bond donors (Lipinski definition) is 1. The van der Waals surface area contributed by atoms with Gasteiger partial charge in [0.1, 0.15) is 11.4 Å². The number of benzene rings is 2. The Kier molecular flexibility index (Phi) is 5.18. The zero-order valence-corrected chi connectivity index (χ0v) is 18.2. The number of amides is 1. The third kappa shape index (κ3) is 3.55.